The summed E-state index contributed by atoms with van der Waals surface area (Å²) in [5.41, 5.74) is 0.891. The first-order valence-electron chi connectivity index (χ1n) is 9.73. The van der Waals surface area contributed by atoms with Crippen LogP contribution in [0.5, 0.6) is 0 Å². The van der Waals surface area contributed by atoms with Gasteiger partial charge in [0.2, 0.25) is 0 Å². The van der Waals surface area contributed by atoms with Gasteiger partial charge in [-0.1, -0.05) is 40.8 Å². The maximum absolute atomic E-state index is 4.96. The molecule has 1 saturated heterocycles. The monoisotopic (exact) mass is 458 g/mol. The van der Waals surface area contributed by atoms with Crippen molar-refractivity contribution in [1.29, 1.82) is 0 Å². The second-order valence-electron chi connectivity index (χ2n) is 8.70. The van der Waals surface area contributed by atoms with E-state index in [1.165, 1.54) is 38.4 Å². The summed E-state index contributed by atoms with van der Waals surface area (Å²) in [6.07, 6.45) is 2.56. The SMILES string of the molecule is CC1C(C)C(C)C([Si](C)(C)N2CCCN3CCCN=C32)C1C.[CH3-].[Cl][Cr+][Cl]. The van der Waals surface area contributed by atoms with Crippen molar-refractivity contribution in [3.63, 3.8) is 0 Å². The first kappa shape index (κ1) is 24.6. The summed E-state index contributed by atoms with van der Waals surface area (Å²) < 4.78 is 2.80. The van der Waals surface area contributed by atoms with E-state index in [4.69, 9.17) is 25.1 Å². The molecule has 3 nitrogen and oxygen atoms in total. The van der Waals surface area contributed by atoms with Gasteiger partial charge >= 0.3 is 33.5 Å². The van der Waals surface area contributed by atoms with Crippen LogP contribution in [0.15, 0.2) is 4.99 Å². The first-order valence-corrected chi connectivity index (χ1v) is 16.3. The van der Waals surface area contributed by atoms with Crippen LogP contribution in [0.3, 0.4) is 0 Å². The van der Waals surface area contributed by atoms with Crippen LogP contribution in [-0.2, 0) is 13.4 Å². The Morgan fingerprint density at radius 3 is 1.96 bits per heavy atom. The fraction of sp³-hybridized carbons (Fsp3) is 0.895. The van der Waals surface area contributed by atoms with Crippen molar-refractivity contribution in [1.82, 2.24) is 9.47 Å². The topological polar surface area (TPSA) is 18.8 Å². The van der Waals surface area contributed by atoms with Gasteiger partial charge in [-0.3, -0.25) is 4.99 Å². The zero-order valence-corrected chi connectivity index (χ0v) is 21.4. The number of nitrogens with zero attached hydrogens (tertiary/aromatic N) is 3. The van der Waals surface area contributed by atoms with Crippen LogP contribution in [0.2, 0.25) is 18.6 Å². The quantitative estimate of drug-likeness (QED) is 0.389. The van der Waals surface area contributed by atoms with Crippen LogP contribution in [0.1, 0.15) is 40.5 Å². The summed E-state index contributed by atoms with van der Waals surface area (Å²) >= 11 is -0.181. The van der Waals surface area contributed by atoms with E-state index >= 15 is 0 Å². The Hall–Kier alpha value is 0.599. The summed E-state index contributed by atoms with van der Waals surface area (Å²) in [6, 6.07) is 0. The van der Waals surface area contributed by atoms with Gasteiger partial charge < -0.3 is 16.9 Å². The van der Waals surface area contributed by atoms with Gasteiger partial charge in [-0.15, -0.1) is 0 Å². The summed E-state index contributed by atoms with van der Waals surface area (Å²) in [6.45, 7) is 20.0. The molecule has 0 N–H and O–H groups in total. The minimum absolute atomic E-state index is 0. The molecule has 3 rings (SSSR count). The van der Waals surface area contributed by atoms with Gasteiger partial charge in [0.15, 0.2) is 14.2 Å². The summed E-state index contributed by atoms with van der Waals surface area (Å²) in [4.78, 5) is 7.53. The molecule has 0 amide bonds. The van der Waals surface area contributed by atoms with Gasteiger partial charge in [-0.2, -0.15) is 0 Å². The van der Waals surface area contributed by atoms with Crippen molar-refractivity contribution in [2.45, 2.75) is 59.2 Å². The van der Waals surface area contributed by atoms with E-state index in [0.29, 0.717) is 0 Å². The fourth-order valence-corrected chi connectivity index (χ4v) is 10.7. The molecule has 4 atom stereocenters. The number of aliphatic imine (C=N–C) groups is 1. The van der Waals surface area contributed by atoms with Crippen LogP contribution in [0, 0.1) is 31.1 Å². The van der Waals surface area contributed by atoms with Crippen molar-refractivity contribution < 1.29 is 13.4 Å². The van der Waals surface area contributed by atoms with Gasteiger partial charge in [0.1, 0.15) is 0 Å². The van der Waals surface area contributed by atoms with Crippen LogP contribution in [0.25, 0.3) is 0 Å². The molecule has 0 aromatic rings. The molecule has 26 heavy (non-hydrogen) atoms. The number of guanidine groups is 1. The molecule has 4 unspecified atom stereocenters. The predicted molar refractivity (Wildman–Crippen MR) is 116 cm³/mol. The normalized spacial score (nSPS) is 34.2. The first-order chi connectivity index (χ1) is 11.8. The van der Waals surface area contributed by atoms with E-state index < -0.39 is 8.24 Å². The number of halogens is 2. The van der Waals surface area contributed by atoms with Crippen molar-refractivity contribution in [2.75, 3.05) is 26.2 Å². The molecule has 2 fully saturated rings. The van der Waals surface area contributed by atoms with Crippen molar-refractivity contribution in [3.8, 4) is 0 Å². The van der Waals surface area contributed by atoms with E-state index in [1.54, 1.807) is 0 Å². The van der Waals surface area contributed by atoms with Crippen LogP contribution in [0.4, 0.5) is 0 Å². The van der Waals surface area contributed by atoms with Crippen LogP contribution < -0.4 is 0 Å². The third kappa shape index (κ3) is 4.77. The molecular weight excluding hydrogens is 421 g/mol. The van der Waals surface area contributed by atoms with Gasteiger partial charge in [0.25, 0.3) is 0 Å². The molecular formula is C19H38Cl2CrN3Si. The molecule has 2 heterocycles. The third-order valence-corrected chi connectivity index (χ3v) is 11.8. The Bertz CT molecular complexity index is 464. The van der Waals surface area contributed by atoms with Crippen LogP contribution >= 0.6 is 20.1 Å². The van der Waals surface area contributed by atoms with Crippen molar-refractivity contribution in [2.24, 2.45) is 28.7 Å². The molecule has 0 aromatic heterocycles. The standard InChI is InChI=1S/C18H35N3Si.CH3.2ClH.Cr/c1-13-14(2)16(4)17(15(13)3)22(5,6)21-12-8-11-20-10-7-9-19-18(20)21;;;;/h13-17H,7-12H2,1-6H3;1H3;2*1H;/q;-1;;;+3/p-2. The molecule has 7 heteroatoms. The Morgan fingerprint density at radius 2 is 1.42 bits per heavy atom. The van der Waals surface area contributed by atoms with Crippen molar-refractivity contribution in [3.05, 3.63) is 7.43 Å². The molecule has 2 aliphatic heterocycles. The molecule has 0 aromatic carbocycles. The minimum atomic E-state index is -1.53. The Kier molecular flexibility index (Phi) is 9.85. The summed E-state index contributed by atoms with van der Waals surface area (Å²) in [5.74, 6) is 4.79. The molecule has 0 radical (unpaired) electrons. The second-order valence-corrected chi connectivity index (χ2v) is 15.3. The number of hydrogen-bond acceptors (Lipinski definition) is 3. The van der Waals surface area contributed by atoms with E-state index in [2.05, 4.69) is 50.3 Å². The number of fused-ring (bicyclic) bond motifs is 1. The van der Waals surface area contributed by atoms with Crippen LogP contribution in [-0.4, -0.2) is 49.8 Å². The second kappa shape index (κ2) is 10.4. The Morgan fingerprint density at radius 1 is 0.923 bits per heavy atom. The molecule has 0 spiro atoms. The van der Waals surface area contributed by atoms with E-state index in [0.717, 1.165) is 35.8 Å². The Balaban J connectivity index is 0.000000791. The Labute approximate surface area is 178 Å². The van der Waals surface area contributed by atoms with Gasteiger partial charge in [-0.05, 0) is 42.1 Å². The van der Waals surface area contributed by atoms with Gasteiger partial charge in [0, 0.05) is 26.2 Å². The number of hydrogen-bond donors (Lipinski definition) is 0. The number of rotatable bonds is 2. The average Bonchev–Trinajstić information content (AvgIpc) is 2.78. The zero-order chi connectivity index (χ0) is 18.8. The average molecular weight is 460 g/mol. The molecule has 1 aliphatic carbocycles. The molecule has 0 bridgehead atoms. The zero-order valence-electron chi connectivity index (χ0n) is 17.6. The maximum atomic E-state index is 4.96. The van der Waals surface area contributed by atoms with E-state index in [9.17, 15) is 0 Å². The summed E-state index contributed by atoms with van der Waals surface area (Å²) in [7, 11) is 8.13. The van der Waals surface area contributed by atoms with E-state index in [-0.39, 0.29) is 20.8 Å². The molecule has 153 valence electrons. The molecule has 3 aliphatic rings. The van der Waals surface area contributed by atoms with Crippen molar-refractivity contribution >= 4 is 34.3 Å². The predicted octanol–water partition coefficient (Wildman–Crippen LogP) is 5.71. The van der Waals surface area contributed by atoms with Gasteiger partial charge in [0.05, 0.1) is 0 Å². The summed E-state index contributed by atoms with van der Waals surface area (Å²) in [5, 5.41) is 0. The fourth-order valence-electron chi connectivity index (χ4n) is 5.73. The third-order valence-electron chi connectivity index (χ3n) is 7.31. The van der Waals surface area contributed by atoms with E-state index in [1.807, 2.05) is 0 Å². The van der Waals surface area contributed by atoms with Gasteiger partial charge in [-0.25, -0.2) is 0 Å². The molecule has 1 saturated carbocycles.